The van der Waals surface area contributed by atoms with Gasteiger partial charge in [-0.2, -0.15) is 5.26 Å². The molecule has 0 aliphatic heterocycles. The lowest BCUT2D eigenvalue weighted by atomic mass is 9.81. The molecule has 0 atom stereocenters. The molecule has 1 aromatic rings. The summed E-state index contributed by atoms with van der Waals surface area (Å²) >= 11 is 0. The molecule has 3 heteroatoms. The van der Waals surface area contributed by atoms with Crippen LogP contribution in [0.15, 0.2) is 30.3 Å². The molecule has 1 saturated carbocycles. The van der Waals surface area contributed by atoms with Gasteiger partial charge in [0.25, 0.3) is 0 Å². The third kappa shape index (κ3) is 2.96. The molecule has 19 heavy (non-hydrogen) atoms. The number of nitrogens with zero attached hydrogens (tertiary/aromatic N) is 2. The second kappa shape index (κ2) is 5.88. The third-order valence-corrected chi connectivity index (χ3v) is 4.10. The molecule has 3 nitrogen and oxygen atoms in total. The van der Waals surface area contributed by atoms with E-state index in [0.29, 0.717) is 6.42 Å². The fourth-order valence-electron chi connectivity index (χ4n) is 2.79. The van der Waals surface area contributed by atoms with Crippen molar-refractivity contribution >= 4 is 5.91 Å². The molecule has 1 aromatic carbocycles. The largest absolute Gasteiger partial charge is 0.327 e. The Kier molecular flexibility index (Phi) is 4.21. The van der Waals surface area contributed by atoms with Crippen LogP contribution in [0.2, 0.25) is 0 Å². The summed E-state index contributed by atoms with van der Waals surface area (Å²) in [6.45, 7) is 0. The van der Waals surface area contributed by atoms with Gasteiger partial charge in [-0.15, -0.1) is 0 Å². The van der Waals surface area contributed by atoms with Crippen LogP contribution in [0.1, 0.15) is 37.7 Å². The predicted molar refractivity (Wildman–Crippen MR) is 74.3 cm³/mol. The van der Waals surface area contributed by atoms with Gasteiger partial charge in [0.15, 0.2) is 0 Å². The van der Waals surface area contributed by atoms with Gasteiger partial charge in [-0.3, -0.25) is 4.79 Å². The topological polar surface area (TPSA) is 44.1 Å². The number of amides is 1. The summed E-state index contributed by atoms with van der Waals surface area (Å²) in [7, 11) is 1.78. The standard InChI is InChI=1S/C16H20N2O/c1-18(16(13-17)10-6-3-7-11-16)15(19)12-14-8-4-2-5-9-14/h2,4-5,8-9H,3,6-7,10-12H2,1H3. The summed E-state index contributed by atoms with van der Waals surface area (Å²) in [5, 5.41) is 9.48. The zero-order chi connectivity index (χ0) is 13.7. The molecule has 0 bridgehead atoms. The Morgan fingerprint density at radius 2 is 1.89 bits per heavy atom. The minimum atomic E-state index is -0.579. The van der Waals surface area contributed by atoms with Crippen LogP contribution in [0.3, 0.4) is 0 Å². The minimum absolute atomic E-state index is 0.0367. The molecule has 0 heterocycles. The molecule has 100 valence electrons. The van der Waals surface area contributed by atoms with Crippen molar-refractivity contribution < 1.29 is 4.79 Å². The molecule has 1 aliphatic carbocycles. The number of carbonyl (C=O) groups excluding carboxylic acids is 1. The van der Waals surface area contributed by atoms with Gasteiger partial charge in [-0.1, -0.05) is 49.6 Å². The van der Waals surface area contributed by atoms with Crippen LogP contribution >= 0.6 is 0 Å². The van der Waals surface area contributed by atoms with E-state index < -0.39 is 5.54 Å². The Morgan fingerprint density at radius 3 is 2.47 bits per heavy atom. The van der Waals surface area contributed by atoms with Crippen molar-refractivity contribution in [1.82, 2.24) is 4.90 Å². The number of hydrogen-bond acceptors (Lipinski definition) is 2. The summed E-state index contributed by atoms with van der Waals surface area (Å²) in [5.74, 6) is 0.0367. The monoisotopic (exact) mass is 256 g/mol. The number of hydrogen-bond donors (Lipinski definition) is 0. The first-order valence-corrected chi connectivity index (χ1v) is 6.90. The molecule has 0 unspecified atom stereocenters. The van der Waals surface area contributed by atoms with Gasteiger partial charge in [-0.05, 0) is 18.4 Å². The summed E-state index contributed by atoms with van der Waals surface area (Å²) < 4.78 is 0. The van der Waals surface area contributed by atoms with E-state index in [9.17, 15) is 10.1 Å². The number of benzene rings is 1. The first-order valence-electron chi connectivity index (χ1n) is 6.90. The van der Waals surface area contributed by atoms with E-state index in [1.54, 1.807) is 11.9 Å². The molecule has 0 N–H and O–H groups in total. The van der Waals surface area contributed by atoms with E-state index in [1.165, 1.54) is 6.42 Å². The molecule has 1 fully saturated rings. The quantitative estimate of drug-likeness (QED) is 0.834. The zero-order valence-electron chi connectivity index (χ0n) is 11.4. The van der Waals surface area contributed by atoms with Gasteiger partial charge < -0.3 is 4.90 Å². The first kappa shape index (κ1) is 13.6. The van der Waals surface area contributed by atoms with Crippen LogP contribution < -0.4 is 0 Å². The zero-order valence-corrected chi connectivity index (χ0v) is 11.4. The summed E-state index contributed by atoms with van der Waals surface area (Å²) in [5.41, 5.74) is 0.424. The van der Waals surface area contributed by atoms with Gasteiger partial charge >= 0.3 is 0 Å². The molecular formula is C16H20N2O. The molecule has 0 radical (unpaired) electrons. The fraction of sp³-hybridized carbons (Fsp3) is 0.500. The smallest absolute Gasteiger partial charge is 0.228 e. The van der Waals surface area contributed by atoms with Gasteiger partial charge in [0.05, 0.1) is 12.5 Å². The van der Waals surface area contributed by atoms with Crippen molar-refractivity contribution in [1.29, 1.82) is 5.26 Å². The van der Waals surface area contributed by atoms with E-state index in [0.717, 1.165) is 31.2 Å². The first-order chi connectivity index (χ1) is 9.18. The van der Waals surface area contributed by atoms with E-state index in [1.807, 2.05) is 30.3 Å². The summed E-state index contributed by atoms with van der Waals surface area (Å²) in [6.07, 6.45) is 5.24. The van der Waals surface area contributed by atoms with Crippen molar-refractivity contribution in [3.63, 3.8) is 0 Å². The SMILES string of the molecule is CN(C(=O)Cc1ccccc1)C1(C#N)CCCCC1. The van der Waals surface area contributed by atoms with Crippen molar-refractivity contribution in [2.24, 2.45) is 0 Å². The van der Waals surface area contributed by atoms with Gasteiger partial charge in [0, 0.05) is 7.05 Å². The predicted octanol–water partition coefficient (Wildman–Crippen LogP) is 2.91. The Balaban J connectivity index is 2.08. The van der Waals surface area contributed by atoms with Crippen molar-refractivity contribution in [3.05, 3.63) is 35.9 Å². The lowest BCUT2D eigenvalue weighted by Crippen LogP contribution is -2.50. The number of rotatable bonds is 3. The lowest BCUT2D eigenvalue weighted by Gasteiger charge is -2.39. The van der Waals surface area contributed by atoms with Gasteiger partial charge in [0.1, 0.15) is 5.54 Å². The molecule has 0 aromatic heterocycles. The third-order valence-electron chi connectivity index (χ3n) is 4.10. The Hall–Kier alpha value is -1.82. The van der Waals surface area contributed by atoms with Gasteiger partial charge in [-0.25, -0.2) is 0 Å². The molecule has 1 amide bonds. The maximum absolute atomic E-state index is 12.4. The fourth-order valence-corrected chi connectivity index (χ4v) is 2.79. The average molecular weight is 256 g/mol. The van der Waals surface area contributed by atoms with Crippen molar-refractivity contribution in [2.45, 2.75) is 44.1 Å². The molecule has 1 aliphatic rings. The number of nitriles is 1. The van der Waals surface area contributed by atoms with Crippen LogP contribution in [0.4, 0.5) is 0 Å². The number of likely N-dealkylation sites (N-methyl/N-ethyl adjacent to an activating group) is 1. The second-order valence-electron chi connectivity index (χ2n) is 5.32. The molecule has 0 saturated heterocycles. The lowest BCUT2D eigenvalue weighted by molar-refractivity contribution is -0.134. The molecule has 0 spiro atoms. The van der Waals surface area contributed by atoms with Crippen LogP contribution in [0.25, 0.3) is 0 Å². The Labute approximate surface area is 114 Å². The van der Waals surface area contributed by atoms with Crippen LogP contribution in [0.5, 0.6) is 0 Å². The van der Waals surface area contributed by atoms with E-state index in [2.05, 4.69) is 6.07 Å². The maximum Gasteiger partial charge on any atom is 0.228 e. The minimum Gasteiger partial charge on any atom is -0.327 e. The highest BCUT2D eigenvalue weighted by Gasteiger charge is 2.38. The Bertz CT molecular complexity index is 469. The Morgan fingerprint density at radius 1 is 1.26 bits per heavy atom. The maximum atomic E-state index is 12.4. The normalized spacial score (nSPS) is 17.5. The summed E-state index contributed by atoms with van der Waals surface area (Å²) in [6, 6.07) is 12.1. The molecule has 2 rings (SSSR count). The second-order valence-corrected chi connectivity index (χ2v) is 5.32. The van der Waals surface area contributed by atoms with E-state index in [4.69, 9.17) is 0 Å². The van der Waals surface area contributed by atoms with Crippen molar-refractivity contribution in [3.8, 4) is 6.07 Å². The highest BCUT2D eigenvalue weighted by atomic mass is 16.2. The van der Waals surface area contributed by atoms with Crippen LogP contribution in [0, 0.1) is 11.3 Å². The van der Waals surface area contributed by atoms with E-state index >= 15 is 0 Å². The van der Waals surface area contributed by atoms with Crippen LogP contribution in [-0.2, 0) is 11.2 Å². The highest BCUT2D eigenvalue weighted by molar-refractivity contribution is 5.79. The van der Waals surface area contributed by atoms with Crippen molar-refractivity contribution in [2.75, 3.05) is 7.05 Å². The average Bonchev–Trinajstić information content (AvgIpc) is 2.48. The highest BCUT2D eigenvalue weighted by Crippen LogP contribution is 2.32. The van der Waals surface area contributed by atoms with E-state index in [-0.39, 0.29) is 5.91 Å². The number of carbonyl (C=O) groups is 1. The van der Waals surface area contributed by atoms with Crippen LogP contribution in [-0.4, -0.2) is 23.4 Å². The molecular weight excluding hydrogens is 236 g/mol. The van der Waals surface area contributed by atoms with Gasteiger partial charge in [0.2, 0.25) is 5.91 Å². The summed E-state index contributed by atoms with van der Waals surface area (Å²) in [4.78, 5) is 14.0.